The molecule has 2 aromatic carbocycles. The van der Waals surface area contributed by atoms with Gasteiger partial charge in [0.2, 0.25) is 5.43 Å². The molecule has 1 saturated heterocycles. The first-order chi connectivity index (χ1) is 16.4. The molecular formula is C25H23BFN3O3S. The minimum atomic E-state index is -0.805. The molecule has 2 atom stereocenters. The molecule has 172 valence electrons. The molecule has 1 N–H and O–H groups in total. The Morgan fingerprint density at radius 3 is 2.76 bits per heavy atom. The first kappa shape index (κ1) is 21.3. The number of aromatic hydroxyl groups is 1. The minimum Gasteiger partial charge on any atom is -0.502 e. The van der Waals surface area contributed by atoms with Crippen LogP contribution in [0.2, 0.25) is 0 Å². The van der Waals surface area contributed by atoms with Gasteiger partial charge in [-0.3, -0.25) is 19.3 Å². The molecule has 4 heterocycles. The van der Waals surface area contributed by atoms with Crippen molar-refractivity contribution in [3.63, 3.8) is 0 Å². The highest BCUT2D eigenvalue weighted by molar-refractivity contribution is 7.98. The smallest absolute Gasteiger partial charge is 0.278 e. The van der Waals surface area contributed by atoms with Gasteiger partial charge in [0, 0.05) is 29.5 Å². The lowest BCUT2D eigenvalue weighted by atomic mass is 9.65. The van der Waals surface area contributed by atoms with Crippen LogP contribution in [0.15, 0.2) is 64.4 Å². The Bertz CT molecular complexity index is 1400. The fourth-order valence-corrected chi connectivity index (χ4v) is 6.94. The molecule has 3 aliphatic rings. The van der Waals surface area contributed by atoms with Crippen molar-refractivity contribution in [3.8, 4) is 5.75 Å². The largest absolute Gasteiger partial charge is 0.502 e. The van der Waals surface area contributed by atoms with Crippen LogP contribution >= 0.6 is 11.8 Å². The van der Waals surface area contributed by atoms with Crippen LogP contribution in [-0.2, 0) is 11.2 Å². The van der Waals surface area contributed by atoms with Crippen molar-refractivity contribution in [2.24, 2.45) is 0 Å². The van der Waals surface area contributed by atoms with E-state index >= 15 is 0 Å². The van der Waals surface area contributed by atoms with E-state index in [4.69, 9.17) is 0 Å². The summed E-state index contributed by atoms with van der Waals surface area (Å²) in [6, 6.07) is 14.3. The van der Waals surface area contributed by atoms with Gasteiger partial charge in [0.15, 0.2) is 11.4 Å². The summed E-state index contributed by atoms with van der Waals surface area (Å²) in [6.07, 6.45) is 3.86. The van der Waals surface area contributed by atoms with Crippen molar-refractivity contribution in [1.29, 1.82) is 0 Å². The minimum absolute atomic E-state index is 0.0232. The second kappa shape index (κ2) is 7.66. The van der Waals surface area contributed by atoms with Crippen LogP contribution in [0.5, 0.6) is 5.75 Å². The first-order valence-electron chi connectivity index (χ1n) is 11.5. The van der Waals surface area contributed by atoms with E-state index in [1.807, 2.05) is 18.2 Å². The van der Waals surface area contributed by atoms with Crippen LogP contribution in [0, 0.1) is 5.82 Å². The molecule has 6 rings (SSSR count). The van der Waals surface area contributed by atoms with Crippen molar-refractivity contribution in [1.82, 2.24) is 9.58 Å². The Hall–Kier alpha value is -3.20. The molecule has 0 spiro atoms. The number of thioether (sulfide) groups is 1. The maximum Gasteiger partial charge on any atom is 0.278 e. The molecular weight excluding hydrogens is 452 g/mol. The highest BCUT2D eigenvalue weighted by Gasteiger charge is 2.50. The number of aromatic nitrogens is 1. The Balaban J connectivity index is 1.71. The molecule has 34 heavy (non-hydrogen) atoms. The number of halogens is 1. The summed E-state index contributed by atoms with van der Waals surface area (Å²) in [6.45, 7) is 0.547. The second-order valence-electron chi connectivity index (χ2n) is 9.20. The third kappa shape index (κ3) is 2.89. The van der Waals surface area contributed by atoms with Crippen molar-refractivity contribution in [2.45, 2.75) is 41.5 Å². The molecule has 0 radical (unpaired) electrons. The zero-order valence-corrected chi connectivity index (χ0v) is 19.5. The SMILES string of the molecule is B[C@@]1(N2[C@@H]3CCCCN3C(=O)c3c(O)c(=O)ccn32)c2ccc(F)cc2CSc2ccccc21. The van der Waals surface area contributed by atoms with Gasteiger partial charge < -0.3 is 10.0 Å². The average Bonchev–Trinajstić information content (AvgIpc) is 2.96. The third-order valence-corrected chi connectivity index (χ3v) is 8.47. The van der Waals surface area contributed by atoms with Gasteiger partial charge in [0.25, 0.3) is 5.91 Å². The topological polar surface area (TPSA) is 65.8 Å². The molecule has 0 saturated carbocycles. The van der Waals surface area contributed by atoms with Gasteiger partial charge in [-0.1, -0.05) is 24.3 Å². The van der Waals surface area contributed by atoms with E-state index in [1.54, 1.807) is 33.6 Å². The molecule has 1 fully saturated rings. The van der Waals surface area contributed by atoms with Crippen LogP contribution < -0.4 is 10.4 Å². The highest BCUT2D eigenvalue weighted by Crippen LogP contribution is 2.47. The standard InChI is InChI=1S/C25H23BFN3O3S/c26-25(17-9-8-16(27)13-15(17)14-34-20-6-2-1-5-18(20)25)30-21-7-3-4-11-28(21)24(33)22-23(32)19(31)10-12-29(22)30/h1-2,5-6,8-10,12-13,21,32H,3-4,7,11,14,26H2/t21-,25-/m1/s1. The highest BCUT2D eigenvalue weighted by atomic mass is 32.2. The van der Waals surface area contributed by atoms with Gasteiger partial charge in [-0.05, 0) is 54.2 Å². The molecule has 0 bridgehead atoms. The molecule has 0 unspecified atom stereocenters. The molecule has 3 aliphatic heterocycles. The maximum atomic E-state index is 14.4. The van der Waals surface area contributed by atoms with E-state index in [0.29, 0.717) is 12.3 Å². The normalized spacial score (nSPS) is 23.4. The molecule has 3 aromatic rings. The number of carbonyl (C=O) groups is 1. The van der Waals surface area contributed by atoms with E-state index in [-0.39, 0.29) is 23.6 Å². The molecule has 1 amide bonds. The summed E-state index contributed by atoms with van der Waals surface area (Å²) in [5.74, 6) is -0.554. The maximum absolute atomic E-state index is 14.4. The average molecular weight is 475 g/mol. The summed E-state index contributed by atoms with van der Waals surface area (Å²) in [4.78, 5) is 28.7. The van der Waals surface area contributed by atoms with Crippen LogP contribution in [-0.4, -0.2) is 41.1 Å². The zero-order valence-electron chi connectivity index (χ0n) is 18.7. The van der Waals surface area contributed by atoms with Gasteiger partial charge in [-0.15, -0.1) is 11.8 Å². The van der Waals surface area contributed by atoms with Crippen LogP contribution in [0.3, 0.4) is 0 Å². The van der Waals surface area contributed by atoms with Crippen LogP contribution in [0.1, 0.15) is 46.4 Å². The number of fused-ring (bicyclic) bond motifs is 4. The van der Waals surface area contributed by atoms with Gasteiger partial charge >= 0.3 is 0 Å². The van der Waals surface area contributed by atoms with Gasteiger partial charge in [0.1, 0.15) is 19.8 Å². The summed E-state index contributed by atoms with van der Waals surface area (Å²) in [5.41, 5.74) is 1.45. The molecule has 0 aliphatic carbocycles. The van der Waals surface area contributed by atoms with Crippen LogP contribution in [0.25, 0.3) is 0 Å². The van der Waals surface area contributed by atoms with Crippen molar-refractivity contribution >= 4 is 25.5 Å². The number of piperidine rings is 1. The zero-order chi connectivity index (χ0) is 23.6. The number of hydrogen-bond donors (Lipinski definition) is 1. The quantitative estimate of drug-likeness (QED) is 0.549. The van der Waals surface area contributed by atoms with Gasteiger partial charge in [0.05, 0.1) is 5.44 Å². The summed E-state index contributed by atoms with van der Waals surface area (Å²) in [7, 11) is 2.09. The van der Waals surface area contributed by atoms with E-state index < -0.39 is 16.6 Å². The number of hydrogen-bond acceptors (Lipinski definition) is 5. The monoisotopic (exact) mass is 475 g/mol. The van der Waals surface area contributed by atoms with Crippen molar-refractivity contribution in [3.05, 3.63) is 93.2 Å². The fourth-order valence-electron chi connectivity index (χ4n) is 5.79. The van der Waals surface area contributed by atoms with Gasteiger partial charge in [-0.25, -0.2) is 4.39 Å². The number of pyridine rings is 1. The van der Waals surface area contributed by atoms with E-state index in [1.165, 1.54) is 12.1 Å². The van der Waals surface area contributed by atoms with E-state index in [2.05, 4.69) is 25.0 Å². The lowest BCUT2D eigenvalue weighted by Crippen LogP contribution is -2.69. The van der Waals surface area contributed by atoms with E-state index in [9.17, 15) is 19.1 Å². The fraction of sp³-hybridized carbons (Fsp3) is 0.280. The van der Waals surface area contributed by atoms with Gasteiger partial charge in [-0.2, -0.15) is 0 Å². The van der Waals surface area contributed by atoms with E-state index in [0.717, 1.165) is 40.8 Å². The second-order valence-corrected chi connectivity index (χ2v) is 10.2. The Kier molecular flexibility index (Phi) is 4.81. The molecule has 6 nitrogen and oxygen atoms in total. The number of rotatable bonds is 1. The lowest BCUT2D eigenvalue weighted by molar-refractivity contribution is 0.0447. The Labute approximate surface area is 201 Å². The number of nitrogens with zero attached hydrogens (tertiary/aromatic N) is 3. The van der Waals surface area contributed by atoms with Crippen LogP contribution in [0.4, 0.5) is 4.39 Å². The number of benzene rings is 2. The number of carbonyl (C=O) groups excluding carboxylic acids is 1. The summed E-state index contributed by atoms with van der Waals surface area (Å²) < 4.78 is 16.0. The first-order valence-corrected chi connectivity index (χ1v) is 12.5. The predicted molar refractivity (Wildman–Crippen MR) is 131 cm³/mol. The predicted octanol–water partition coefficient (Wildman–Crippen LogP) is 2.74. The summed E-state index contributed by atoms with van der Waals surface area (Å²) >= 11 is 1.66. The lowest BCUT2D eigenvalue weighted by Gasteiger charge is -2.56. The number of amides is 1. The third-order valence-electron chi connectivity index (χ3n) is 7.35. The Morgan fingerprint density at radius 2 is 1.91 bits per heavy atom. The summed E-state index contributed by atoms with van der Waals surface area (Å²) in [5, 5.41) is 12.8. The van der Waals surface area contributed by atoms with Crippen molar-refractivity contribution < 1.29 is 14.3 Å². The van der Waals surface area contributed by atoms with Crippen molar-refractivity contribution in [2.75, 3.05) is 11.6 Å². The Morgan fingerprint density at radius 1 is 1.09 bits per heavy atom. The molecule has 1 aromatic heterocycles. The molecule has 9 heteroatoms.